The molecule has 5 rings (SSSR count). The van der Waals surface area contributed by atoms with Crippen molar-refractivity contribution in [1.29, 1.82) is 0 Å². The third kappa shape index (κ3) is 5.82. The van der Waals surface area contributed by atoms with Gasteiger partial charge in [0.15, 0.2) is 5.82 Å². The van der Waals surface area contributed by atoms with Gasteiger partial charge in [0.25, 0.3) is 0 Å². The first kappa shape index (κ1) is 27.6. The molecule has 41 heavy (non-hydrogen) atoms. The molecule has 0 saturated carbocycles. The number of hydrogen-bond acceptors (Lipinski definition) is 7. The first-order valence-corrected chi connectivity index (χ1v) is 13.3. The number of ether oxygens (including phenoxy) is 1. The summed E-state index contributed by atoms with van der Waals surface area (Å²) < 4.78 is 5.30. The van der Waals surface area contributed by atoms with Gasteiger partial charge in [0.05, 0.1) is 18.8 Å². The maximum absolute atomic E-state index is 14.2. The van der Waals surface area contributed by atoms with Crippen molar-refractivity contribution in [2.75, 3.05) is 42.9 Å². The lowest BCUT2D eigenvalue weighted by molar-refractivity contribution is 0.1000. The van der Waals surface area contributed by atoms with Crippen LogP contribution in [0.4, 0.5) is 33.6 Å². The summed E-state index contributed by atoms with van der Waals surface area (Å²) in [5.74, 6) is 0.871. The van der Waals surface area contributed by atoms with Crippen molar-refractivity contribution in [3.8, 4) is 5.75 Å². The van der Waals surface area contributed by atoms with Crippen LogP contribution >= 0.6 is 0 Å². The first-order chi connectivity index (χ1) is 19.7. The molecule has 1 aromatic heterocycles. The van der Waals surface area contributed by atoms with Gasteiger partial charge >= 0.3 is 6.03 Å². The molecule has 1 atom stereocenters. The van der Waals surface area contributed by atoms with Gasteiger partial charge in [0.1, 0.15) is 5.75 Å². The second kappa shape index (κ2) is 11.6. The van der Waals surface area contributed by atoms with Crippen molar-refractivity contribution in [2.45, 2.75) is 19.4 Å². The number of aromatic nitrogens is 2. The topological polar surface area (TPSA) is 117 Å². The number of carbonyl (C=O) groups excluding carboxylic acids is 2. The van der Waals surface area contributed by atoms with Crippen molar-refractivity contribution in [2.24, 2.45) is 5.73 Å². The van der Waals surface area contributed by atoms with Crippen LogP contribution in [-0.2, 0) is 6.42 Å². The highest BCUT2D eigenvalue weighted by Crippen LogP contribution is 2.42. The fourth-order valence-corrected chi connectivity index (χ4v) is 4.81. The van der Waals surface area contributed by atoms with Crippen LogP contribution in [0.1, 0.15) is 34.5 Å². The number of hydrogen-bond donors (Lipinski definition) is 2. The Labute approximate surface area is 239 Å². The van der Waals surface area contributed by atoms with E-state index >= 15 is 0 Å². The average molecular weight is 552 g/mol. The molecule has 210 valence electrons. The number of rotatable bonds is 9. The quantitative estimate of drug-likeness (QED) is 0.291. The highest BCUT2D eigenvalue weighted by molar-refractivity contribution is 6.11. The zero-order valence-electron chi connectivity index (χ0n) is 23.5. The van der Waals surface area contributed by atoms with E-state index in [4.69, 9.17) is 15.5 Å². The first-order valence-electron chi connectivity index (χ1n) is 13.3. The molecule has 3 amide bonds. The lowest BCUT2D eigenvalue weighted by Crippen LogP contribution is -2.47. The molecule has 0 fully saturated rings. The van der Waals surface area contributed by atoms with E-state index in [1.165, 1.54) is 10.5 Å². The molecule has 10 heteroatoms. The van der Waals surface area contributed by atoms with E-state index in [-0.39, 0.29) is 17.6 Å². The zero-order chi connectivity index (χ0) is 29.1. The fraction of sp³-hybridized carbons (Fsp3) is 0.226. The van der Waals surface area contributed by atoms with Gasteiger partial charge in [-0.25, -0.2) is 14.7 Å². The van der Waals surface area contributed by atoms with Crippen molar-refractivity contribution in [3.05, 3.63) is 95.7 Å². The van der Waals surface area contributed by atoms with Crippen LogP contribution in [0.5, 0.6) is 5.75 Å². The summed E-state index contributed by atoms with van der Waals surface area (Å²) in [6, 6.07) is 21.3. The molecule has 3 aromatic carbocycles. The fourth-order valence-electron chi connectivity index (χ4n) is 4.81. The molecule has 0 bridgehead atoms. The van der Waals surface area contributed by atoms with Gasteiger partial charge in [0.2, 0.25) is 11.9 Å². The summed E-state index contributed by atoms with van der Waals surface area (Å²) in [7, 11) is 5.69. The minimum atomic E-state index is -0.587. The zero-order valence-corrected chi connectivity index (χ0v) is 23.5. The van der Waals surface area contributed by atoms with Crippen LogP contribution < -0.4 is 25.6 Å². The number of benzene rings is 3. The van der Waals surface area contributed by atoms with Crippen LogP contribution in [0.15, 0.2) is 79.0 Å². The van der Waals surface area contributed by atoms with Gasteiger partial charge in [-0.15, -0.1) is 0 Å². The monoisotopic (exact) mass is 551 g/mol. The Morgan fingerprint density at radius 2 is 1.80 bits per heavy atom. The Hall–Kier alpha value is -4.96. The van der Waals surface area contributed by atoms with Crippen molar-refractivity contribution >= 4 is 40.8 Å². The summed E-state index contributed by atoms with van der Waals surface area (Å²) in [5, 5.41) is 3.29. The maximum Gasteiger partial charge on any atom is 0.335 e. The van der Waals surface area contributed by atoms with Crippen LogP contribution in [0.25, 0.3) is 0 Å². The van der Waals surface area contributed by atoms with E-state index < -0.39 is 5.91 Å². The molecule has 0 radical (unpaired) electrons. The molecule has 0 aliphatic carbocycles. The Kier molecular flexibility index (Phi) is 7.84. The number of amides is 3. The van der Waals surface area contributed by atoms with Crippen LogP contribution in [0.3, 0.4) is 0 Å². The standard InChI is InChI=1S/C31H33N7O3/c1-20-27-19-33-30(34-23-9-5-7-21(17-23)15-16-36(2)3)35-29(27)38(25-10-6-8-22(18-25)28(32)39)31(40)37(20)24-11-13-26(41-4)14-12-24/h5-14,17-20H,15-16H2,1-4H3,(H2,32,39)(H,33,34,35). The Balaban J connectivity index is 1.56. The number of likely N-dealkylation sites (N-methyl/N-ethyl adjacent to an activating group) is 1. The summed E-state index contributed by atoms with van der Waals surface area (Å²) in [5.41, 5.74) is 9.78. The van der Waals surface area contributed by atoms with Gasteiger partial charge in [-0.05, 0) is 87.6 Å². The SMILES string of the molecule is COc1ccc(N2C(=O)N(c3cccc(C(N)=O)c3)c3nc(Nc4cccc(CCN(C)C)c4)ncc3C2C)cc1. The molecule has 2 heterocycles. The van der Waals surface area contributed by atoms with Gasteiger partial charge in [-0.3, -0.25) is 9.69 Å². The van der Waals surface area contributed by atoms with Gasteiger partial charge in [0, 0.05) is 35.2 Å². The van der Waals surface area contributed by atoms with Crippen LogP contribution in [0, 0.1) is 0 Å². The normalized spacial score (nSPS) is 14.7. The number of fused-ring (bicyclic) bond motifs is 1. The van der Waals surface area contributed by atoms with Gasteiger partial charge in [-0.2, -0.15) is 4.98 Å². The summed E-state index contributed by atoms with van der Waals surface area (Å²) in [6.07, 6.45) is 2.64. The number of primary amides is 1. The number of nitrogens with one attached hydrogen (secondary N) is 1. The average Bonchev–Trinajstić information content (AvgIpc) is 2.97. The van der Waals surface area contributed by atoms with Gasteiger partial charge in [-0.1, -0.05) is 18.2 Å². The minimum Gasteiger partial charge on any atom is -0.497 e. The highest BCUT2D eigenvalue weighted by atomic mass is 16.5. The Morgan fingerprint density at radius 3 is 2.51 bits per heavy atom. The van der Waals surface area contributed by atoms with Crippen LogP contribution in [0.2, 0.25) is 0 Å². The molecular formula is C31H33N7O3. The van der Waals surface area contributed by atoms with Crippen molar-refractivity contribution < 1.29 is 14.3 Å². The molecule has 1 aliphatic heterocycles. The summed E-state index contributed by atoms with van der Waals surface area (Å²) in [4.78, 5) is 40.9. The van der Waals surface area contributed by atoms with E-state index in [0.29, 0.717) is 28.9 Å². The van der Waals surface area contributed by atoms with E-state index in [9.17, 15) is 9.59 Å². The number of nitrogens with zero attached hydrogens (tertiary/aromatic N) is 5. The number of anilines is 5. The molecule has 3 N–H and O–H groups in total. The van der Waals surface area contributed by atoms with E-state index in [1.54, 1.807) is 54.6 Å². The van der Waals surface area contributed by atoms with E-state index in [1.807, 2.05) is 45.3 Å². The lowest BCUT2D eigenvalue weighted by Gasteiger charge is -2.40. The molecule has 0 saturated heterocycles. The predicted molar refractivity (Wildman–Crippen MR) is 160 cm³/mol. The Bertz CT molecular complexity index is 1570. The number of carbonyl (C=O) groups is 2. The predicted octanol–water partition coefficient (Wildman–Crippen LogP) is 5.27. The van der Waals surface area contributed by atoms with Crippen molar-refractivity contribution in [1.82, 2.24) is 14.9 Å². The van der Waals surface area contributed by atoms with Crippen molar-refractivity contribution in [3.63, 3.8) is 0 Å². The van der Waals surface area contributed by atoms with E-state index in [0.717, 1.165) is 24.2 Å². The summed E-state index contributed by atoms with van der Waals surface area (Å²) in [6.45, 7) is 2.87. The molecular weight excluding hydrogens is 518 g/mol. The van der Waals surface area contributed by atoms with Crippen LogP contribution in [-0.4, -0.2) is 54.6 Å². The highest BCUT2D eigenvalue weighted by Gasteiger charge is 2.39. The van der Waals surface area contributed by atoms with Gasteiger partial charge < -0.3 is 20.7 Å². The number of urea groups is 1. The maximum atomic E-state index is 14.2. The lowest BCUT2D eigenvalue weighted by atomic mass is 10.0. The third-order valence-corrected chi connectivity index (χ3v) is 7.01. The summed E-state index contributed by atoms with van der Waals surface area (Å²) >= 11 is 0. The molecule has 1 aliphatic rings. The molecule has 1 unspecified atom stereocenters. The third-order valence-electron chi connectivity index (χ3n) is 7.01. The Morgan fingerprint density at radius 1 is 1.05 bits per heavy atom. The second-order valence-corrected chi connectivity index (χ2v) is 10.1. The molecule has 4 aromatic rings. The smallest absolute Gasteiger partial charge is 0.335 e. The largest absolute Gasteiger partial charge is 0.497 e. The number of nitrogens with two attached hydrogens (primary N) is 1. The molecule has 0 spiro atoms. The minimum absolute atomic E-state index is 0.286. The second-order valence-electron chi connectivity index (χ2n) is 10.1. The molecule has 10 nitrogen and oxygen atoms in total. The number of methoxy groups -OCH3 is 1. The van der Waals surface area contributed by atoms with E-state index in [2.05, 4.69) is 27.3 Å².